The molecule has 1 heterocycles. The SMILES string of the molecule is O=C1NC(=O)N([C@@H]2C[C@H]3CC[C@H]2C3)C(=O)[C@@H]1C=Nc1ccc(N=Nc2ccccc2)cc1. The summed E-state index contributed by atoms with van der Waals surface area (Å²) in [4.78, 5) is 43.4. The van der Waals surface area contributed by atoms with E-state index in [0.717, 1.165) is 31.4 Å². The van der Waals surface area contributed by atoms with Crippen molar-refractivity contribution < 1.29 is 14.4 Å². The van der Waals surface area contributed by atoms with Crippen LogP contribution in [0.15, 0.2) is 69.8 Å². The summed E-state index contributed by atoms with van der Waals surface area (Å²) >= 11 is 0. The molecule has 2 aromatic rings. The lowest BCUT2D eigenvalue weighted by Crippen LogP contribution is -2.62. The number of amides is 4. The molecule has 3 aliphatic rings. The largest absolute Gasteiger partial charge is 0.331 e. The number of rotatable bonds is 5. The molecule has 4 amide bonds. The average molecular weight is 429 g/mol. The van der Waals surface area contributed by atoms with Crippen LogP contribution in [0, 0.1) is 17.8 Å². The summed E-state index contributed by atoms with van der Waals surface area (Å²) in [5, 5.41) is 10.7. The van der Waals surface area contributed by atoms with Crippen LogP contribution in [0.2, 0.25) is 0 Å². The number of fused-ring (bicyclic) bond motifs is 2. The molecule has 8 nitrogen and oxygen atoms in total. The molecule has 32 heavy (non-hydrogen) atoms. The van der Waals surface area contributed by atoms with Crippen LogP contribution in [0.25, 0.3) is 0 Å². The molecule has 8 heteroatoms. The van der Waals surface area contributed by atoms with Gasteiger partial charge in [-0.1, -0.05) is 24.6 Å². The maximum Gasteiger partial charge on any atom is 0.331 e. The number of hydrogen-bond acceptors (Lipinski definition) is 6. The highest BCUT2D eigenvalue weighted by molar-refractivity contribution is 6.23. The Morgan fingerprint density at radius 1 is 0.844 bits per heavy atom. The third kappa shape index (κ3) is 3.95. The normalized spacial score (nSPS) is 27.6. The van der Waals surface area contributed by atoms with Crippen LogP contribution in [0.5, 0.6) is 0 Å². The second-order valence-electron chi connectivity index (χ2n) is 8.55. The summed E-state index contributed by atoms with van der Waals surface area (Å²) in [7, 11) is 0. The fourth-order valence-corrected chi connectivity index (χ4v) is 4.95. The third-order valence-corrected chi connectivity index (χ3v) is 6.53. The van der Waals surface area contributed by atoms with E-state index in [-0.39, 0.29) is 6.04 Å². The van der Waals surface area contributed by atoms with Gasteiger partial charge in [0.25, 0.3) is 0 Å². The quantitative estimate of drug-likeness (QED) is 0.424. The molecule has 0 unspecified atom stereocenters. The van der Waals surface area contributed by atoms with Crippen molar-refractivity contribution in [3.63, 3.8) is 0 Å². The summed E-state index contributed by atoms with van der Waals surface area (Å²) < 4.78 is 0. The van der Waals surface area contributed by atoms with Gasteiger partial charge in [0.2, 0.25) is 11.8 Å². The minimum atomic E-state index is -1.11. The predicted molar refractivity (Wildman–Crippen MR) is 118 cm³/mol. The molecule has 0 aromatic heterocycles. The van der Waals surface area contributed by atoms with Gasteiger partial charge in [-0.15, -0.1) is 0 Å². The highest BCUT2D eigenvalue weighted by atomic mass is 16.2. The van der Waals surface area contributed by atoms with E-state index in [1.807, 2.05) is 30.3 Å². The zero-order chi connectivity index (χ0) is 22.1. The highest BCUT2D eigenvalue weighted by Crippen LogP contribution is 2.47. The number of aliphatic imine (C=N–C) groups is 1. The van der Waals surface area contributed by atoms with Gasteiger partial charge in [0.05, 0.1) is 17.1 Å². The lowest BCUT2D eigenvalue weighted by atomic mass is 9.92. The number of hydrogen-bond donors (Lipinski definition) is 1. The van der Waals surface area contributed by atoms with Crippen molar-refractivity contribution in [1.29, 1.82) is 0 Å². The fraction of sp³-hybridized carbons (Fsp3) is 0.333. The van der Waals surface area contributed by atoms with Crippen molar-refractivity contribution >= 4 is 41.1 Å². The number of nitrogens with zero attached hydrogens (tertiary/aromatic N) is 4. The second kappa shape index (κ2) is 8.45. The predicted octanol–water partition coefficient (Wildman–Crippen LogP) is 4.69. The summed E-state index contributed by atoms with van der Waals surface area (Å²) in [6, 6.07) is 15.7. The zero-order valence-corrected chi connectivity index (χ0v) is 17.4. The third-order valence-electron chi connectivity index (χ3n) is 6.53. The first-order chi connectivity index (χ1) is 15.6. The number of urea groups is 1. The number of benzene rings is 2. The molecular weight excluding hydrogens is 406 g/mol. The lowest BCUT2D eigenvalue weighted by Gasteiger charge is -2.36. The second-order valence-corrected chi connectivity index (χ2v) is 8.55. The molecule has 1 N–H and O–H groups in total. The molecule has 3 fully saturated rings. The van der Waals surface area contributed by atoms with E-state index in [9.17, 15) is 14.4 Å². The number of barbiturate groups is 1. The number of carbonyl (C=O) groups is 3. The zero-order valence-electron chi connectivity index (χ0n) is 17.4. The number of imide groups is 2. The van der Waals surface area contributed by atoms with E-state index in [4.69, 9.17) is 0 Å². The van der Waals surface area contributed by atoms with Crippen LogP contribution in [-0.4, -0.2) is 35.0 Å². The van der Waals surface area contributed by atoms with Crippen molar-refractivity contribution in [2.24, 2.45) is 33.0 Å². The van der Waals surface area contributed by atoms with Crippen molar-refractivity contribution in [1.82, 2.24) is 10.2 Å². The molecule has 2 saturated carbocycles. The molecule has 2 aliphatic carbocycles. The van der Waals surface area contributed by atoms with Gasteiger partial charge in [-0.3, -0.25) is 24.8 Å². The molecule has 0 radical (unpaired) electrons. The lowest BCUT2D eigenvalue weighted by molar-refractivity contribution is -0.141. The van der Waals surface area contributed by atoms with Gasteiger partial charge < -0.3 is 0 Å². The minimum Gasteiger partial charge on any atom is -0.277 e. The van der Waals surface area contributed by atoms with Crippen LogP contribution >= 0.6 is 0 Å². The standard InChI is InChI=1S/C24H23N5O3/c30-22-20(23(31)29(24(32)26-22)21-13-15-6-7-16(21)12-15)14-25-17-8-10-19(11-9-17)28-27-18-4-2-1-3-5-18/h1-5,8-11,14-16,20-21H,6-7,12-13H2,(H,26,30,32)/t15-,16-,20+,21+/m0/s1. The Kier molecular flexibility index (Phi) is 5.34. The Morgan fingerprint density at radius 3 is 2.19 bits per heavy atom. The Balaban J connectivity index is 1.27. The first kappa shape index (κ1) is 20.2. The van der Waals surface area contributed by atoms with Crippen molar-refractivity contribution in [2.75, 3.05) is 0 Å². The van der Waals surface area contributed by atoms with Gasteiger partial charge in [0.1, 0.15) is 0 Å². The average Bonchev–Trinajstić information content (AvgIpc) is 3.43. The van der Waals surface area contributed by atoms with Gasteiger partial charge in [-0.05, 0) is 67.5 Å². The minimum absolute atomic E-state index is 0.112. The van der Waals surface area contributed by atoms with Crippen LogP contribution in [0.3, 0.4) is 0 Å². The molecule has 162 valence electrons. The van der Waals surface area contributed by atoms with Crippen LogP contribution in [0.4, 0.5) is 21.9 Å². The maximum absolute atomic E-state index is 13.0. The molecule has 5 rings (SSSR count). The summed E-state index contributed by atoms with van der Waals surface area (Å²) in [5.74, 6) is -1.29. The smallest absolute Gasteiger partial charge is 0.277 e. The Hall–Kier alpha value is -3.68. The van der Waals surface area contributed by atoms with Gasteiger partial charge in [-0.25, -0.2) is 4.79 Å². The van der Waals surface area contributed by atoms with E-state index in [1.165, 1.54) is 11.1 Å². The van der Waals surface area contributed by atoms with E-state index in [1.54, 1.807) is 24.3 Å². The fourth-order valence-electron chi connectivity index (χ4n) is 4.95. The van der Waals surface area contributed by atoms with Crippen LogP contribution in [0.1, 0.15) is 25.7 Å². The topological polar surface area (TPSA) is 104 Å². The van der Waals surface area contributed by atoms with Gasteiger partial charge in [0, 0.05) is 12.3 Å². The van der Waals surface area contributed by atoms with E-state index in [2.05, 4.69) is 20.5 Å². The van der Waals surface area contributed by atoms with Crippen LogP contribution in [-0.2, 0) is 9.59 Å². The summed E-state index contributed by atoms with van der Waals surface area (Å²) in [6.07, 6.45) is 5.41. The first-order valence-corrected chi connectivity index (χ1v) is 10.9. The molecule has 1 saturated heterocycles. The number of carbonyl (C=O) groups excluding carboxylic acids is 3. The Morgan fingerprint density at radius 2 is 1.53 bits per heavy atom. The van der Waals surface area contributed by atoms with Crippen molar-refractivity contribution in [3.05, 3.63) is 54.6 Å². The Labute approximate surface area is 185 Å². The van der Waals surface area contributed by atoms with Crippen LogP contribution < -0.4 is 5.32 Å². The summed E-state index contributed by atoms with van der Waals surface area (Å²) in [5.41, 5.74) is 1.99. The molecule has 2 bridgehead atoms. The molecule has 0 spiro atoms. The van der Waals surface area contributed by atoms with Crippen molar-refractivity contribution in [2.45, 2.75) is 31.7 Å². The van der Waals surface area contributed by atoms with Gasteiger partial charge in [-0.2, -0.15) is 10.2 Å². The van der Waals surface area contributed by atoms with E-state index in [0.29, 0.717) is 23.2 Å². The molecule has 1 aliphatic heterocycles. The number of nitrogens with one attached hydrogen (secondary N) is 1. The number of azo groups is 1. The van der Waals surface area contributed by atoms with Crippen molar-refractivity contribution in [3.8, 4) is 0 Å². The van der Waals surface area contributed by atoms with E-state index >= 15 is 0 Å². The molecule has 2 aromatic carbocycles. The maximum atomic E-state index is 13.0. The summed E-state index contributed by atoms with van der Waals surface area (Å²) in [6.45, 7) is 0. The Bertz CT molecular complexity index is 1100. The first-order valence-electron chi connectivity index (χ1n) is 10.9. The van der Waals surface area contributed by atoms with Gasteiger partial charge in [0.15, 0.2) is 5.92 Å². The van der Waals surface area contributed by atoms with E-state index < -0.39 is 23.8 Å². The molecular formula is C24H23N5O3. The highest BCUT2D eigenvalue weighted by Gasteiger charge is 2.50. The monoisotopic (exact) mass is 429 g/mol. The van der Waals surface area contributed by atoms with Gasteiger partial charge >= 0.3 is 6.03 Å². The molecule has 4 atom stereocenters.